The van der Waals surface area contributed by atoms with Crippen LogP contribution >= 0.6 is 0 Å². The molecule has 1 aliphatic heterocycles. The number of ether oxygens (including phenoxy) is 1. The van der Waals surface area contributed by atoms with Gasteiger partial charge in [-0.2, -0.15) is 0 Å². The summed E-state index contributed by atoms with van der Waals surface area (Å²) in [5, 5.41) is 3.57. The first-order valence-corrected chi connectivity index (χ1v) is 8.16. The molecule has 1 saturated heterocycles. The summed E-state index contributed by atoms with van der Waals surface area (Å²) in [6, 6.07) is 6.80. The van der Waals surface area contributed by atoms with Crippen LogP contribution in [-0.2, 0) is 11.3 Å². The third-order valence-corrected chi connectivity index (χ3v) is 3.86. The average molecular weight is 290 g/mol. The molecule has 1 heterocycles. The Kier molecular flexibility index (Phi) is 5.65. The van der Waals surface area contributed by atoms with Crippen molar-refractivity contribution >= 4 is 5.69 Å². The van der Waals surface area contributed by atoms with Crippen LogP contribution in [0.5, 0.6) is 0 Å². The van der Waals surface area contributed by atoms with Crippen LogP contribution in [0.4, 0.5) is 5.69 Å². The Labute approximate surface area is 129 Å². The summed E-state index contributed by atoms with van der Waals surface area (Å²) < 4.78 is 5.86. The summed E-state index contributed by atoms with van der Waals surface area (Å²) in [6.07, 6.45) is 0.595. The van der Waals surface area contributed by atoms with Gasteiger partial charge in [0, 0.05) is 25.3 Å². The van der Waals surface area contributed by atoms with Crippen molar-refractivity contribution in [3.05, 3.63) is 29.3 Å². The van der Waals surface area contributed by atoms with Crippen molar-refractivity contribution in [1.29, 1.82) is 0 Å². The van der Waals surface area contributed by atoms with Gasteiger partial charge < -0.3 is 15.0 Å². The molecule has 0 spiro atoms. The van der Waals surface area contributed by atoms with Crippen molar-refractivity contribution in [1.82, 2.24) is 5.32 Å². The minimum Gasteiger partial charge on any atom is -0.372 e. The summed E-state index contributed by atoms with van der Waals surface area (Å²) >= 11 is 0. The standard InChI is InChI=1S/C18H30N2O/c1-13(2)9-19-10-17-8-14(3)6-7-18(17)20-11-15(4)21-16(5)12-20/h6-8,13,15-16,19H,9-12H2,1-5H3. The minimum absolute atomic E-state index is 0.298. The van der Waals surface area contributed by atoms with Gasteiger partial charge in [-0.3, -0.25) is 0 Å². The second kappa shape index (κ2) is 7.28. The van der Waals surface area contributed by atoms with Crippen LogP contribution in [0.2, 0.25) is 0 Å². The van der Waals surface area contributed by atoms with Crippen molar-refractivity contribution in [2.24, 2.45) is 5.92 Å². The van der Waals surface area contributed by atoms with E-state index in [9.17, 15) is 0 Å². The first-order chi connectivity index (χ1) is 9.95. The fourth-order valence-corrected chi connectivity index (χ4v) is 3.03. The zero-order valence-electron chi connectivity index (χ0n) is 14.1. The topological polar surface area (TPSA) is 24.5 Å². The zero-order valence-corrected chi connectivity index (χ0v) is 14.1. The predicted octanol–water partition coefficient (Wildman–Crippen LogP) is 3.35. The molecule has 3 heteroatoms. The Morgan fingerprint density at radius 3 is 2.52 bits per heavy atom. The zero-order chi connectivity index (χ0) is 15.4. The van der Waals surface area contributed by atoms with Crippen LogP contribution in [0.25, 0.3) is 0 Å². The number of anilines is 1. The lowest BCUT2D eigenvalue weighted by molar-refractivity contribution is -0.00526. The summed E-state index contributed by atoms with van der Waals surface area (Å²) in [6.45, 7) is 14.9. The van der Waals surface area contributed by atoms with Crippen LogP contribution in [-0.4, -0.2) is 31.8 Å². The van der Waals surface area contributed by atoms with E-state index in [0.717, 1.165) is 26.2 Å². The number of morpholine rings is 1. The Morgan fingerprint density at radius 1 is 1.24 bits per heavy atom. The molecule has 0 amide bonds. The quantitative estimate of drug-likeness (QED) is 0.900. The minimum atomic E-state index is 0.298. The van der Waals surface area contributed by atoms with Crippen LogP contribution in [0, 0.1) is 12.8 Å². The summed E-state index contributed by atoms with van der Waals surface area (Å²) in [5.41, 5.74) is 4.09. The van der Waals surface area contributed by atoms with E-state index in [0.29, 0.717) is 18.1 Å². The number of aryl methyl sites for hydroxylation is 1. The van der Waals surface area contributed by atoms with Gasteiger partial charge in [-0.1, -0.05) is 31.5 Å². The fourth-order valence-electron chi connectivity index (χ4n) is 3.03. The van der Waals surface area contributed by atoms with E-state index in [1.165, 1.54) is 16.8 Å². The van der Waals surface area contributed by atoms with E-state index in [1.807, 2.05) is 0 Å². The number of hydrogen-bond acceptors (Lipinski definition) is 3. The highest BCUT2D eigenvalue weighted by molar-refractivity contribution is 5.55. The largest absolute Gasteiger partial charge is 0.372 e. The number of nitrogens with zero attached hydrogens (tertiary/aromatic N) is 1. The van der Waals surface area contributed by atoms with E-state index in [1.54, 1.807) is 0 Å². The van der Waals surface area contributed by atoms with Crippen LogP contribution in [0.15, 0.2) is 18.2 Å². The summed E-state index contributed by atoms with van der Waals surface area (Å²) in [7, 11) is 0. The van der Waals surface area contributed by atoms with Gasteiger partial charge in [0.2, 0.25) is 0 Å². The third-order valence-electron chi connectivity index (χ3n) is 3.86. The molecule has 0 saturated carbocycles. The number of benzene rings is 1. The first kappa shape index (κ1) is 16.3. The van der Waals surface area contributed by atoms with Gasteiger partial charge in [-0.25, -0.2) is 0 Å². The molecule has 1 aromatic rings. The molecular weight excluding hydrogens is 260 g/mol. The maximum atomic E-state index is 5.86. The maximum absolute atomic E-state index is 5.86. The van der Waals surface area contributed by atoms with E-state index >= 15 is 0 Å². The monoisotopic (exact) mass is 290 g/mol. The van der Waals surface area contributed by atoms with Crippen molar-refractivity contribution in [2.75, 3.05) is 24.5 Å². The Hall–Kier alpha value is -1.06. The Balaban J connectivity index is 2.13. The van der Waals surface area contributed by atoms with Gasteiger partial charge >= 0.3 is 0 Å². The van der Waals surface area contributed by atoms with E-state index < -0.39 is 0 Å². The Bertz CT molecular complexity index is 449. The van der Waals surface area contributed by atoms with Crippen molar-refractivity contribution in [3.8, 4) is 0 Å². The molecule has 1 fully saturated rings. The first-order valence-electron chi connectivity index (χ1n) is 8.16. The molecule has 0 bridgehead atoms. The highest BCUT2D eigenvalue weighted by atomic mass is 16.5. The average Bonchev–Trinajstić information content (AvgIpc) is 2.37. The second-order valence-electron chi connectivity index (χ2n) is 6.82. The van der Waals surface area contributed by atoms with Crippen LogP contribution < -0.4 is 10.2 Å². The van der Waals surface area contributed by atoms with E-state index in [2.05, 4.69) is 63.0 Å². The highest BCUT2D eigenvalue weighted by Gasteiger charge is 2.23. The lowest BCUT2D eigenvalue weighted by Gasteiger charge is -2.38. The molecule has 21 heavy (non-hydrogen) atoms. The molecule has 1 N–H and O–H groups in total. The summed E-state index contributed by atoms with van der Waals surface area (Å²) in [5.74, 6) is 0.682. The van der Waals surface area contributed by atoms with Gasteiger partial charge in [0.25, 0.3) is 0 Å². The molecule has 0 radical (unpaired) electrons. The third kappa shape index (κ3) is 4.72. The van der Waals surface area contributed by atoms with Gasteiger partial charge in [-0.15, -0.1) is 0 Å². The number of hydrogen-bond donors (Lipinski definition) is 1. The normalized spacial score (nSPS) is 22.9. The van der Waals surface area contributed by atoms with E-state index in [-0.39, 0.29) is 0 Å². The van der Waals surface area contributed by atoms with Crippen molar-refractivity contribution < 1.29 is 4.74 Å². The molecule has 0 aliphatic carbocycles. The lowest BCUT2D eigenvalue weighted by Crippen LogP contribution is -2.46. The van der Waals surface area contributed by atoms with Crippen molar-refractivity contribution in [2.45, 2.75) is 53.4 Å². The second-order valence-corrected chi connectivity index (χ2v) is 6.82. The molecule has 1 aliphatic rings. The van der Waals surface area contributed by atoms with Crippen LogP contribution in [0.1, 0.15) is 38.8 Å². The lowest BCUT2D eigenvalue weighted by atomic mass is 10.1. The molecule has 2 atom stereocenters. The molecule has 3 nitrogen and oxygen atoms in total. The van der Waals surface area contributed by atoms with Crippen molar-refractivity contribution in [3.63, 3.8) is 0 Å². The van der Waals surface area contributed by atoms with Gasteiger partial charge in [-0.05, 0) is 44.9 Å². The smallest absolute Gasteiger partial charge is 0.0726 e. The molecular formula is C18H30N2O. The molecule has 2 rings (SSSR count). The number of nitrogens with one attached hydrogen (secondary N) is 1. The number of rotatable bonds is 5. The fraction of sp³-hybridized carbons (Fsp3) is 0.667. The molecule has 118 valence electrons. The molecule has 2 unspecified atom stereocenters. The van der Waals surface area contributed by atoms with E-state index in [4.69, 9.17) is 4.74 Å². The van der Waals surface area contributed by atoms with Crippen LogP contribution in [0.3, 0.4) is 0 Å². The maximum Gasteiger partial charge on any atom is 0.0726 e. The highest BCUT2D eigenvalue weighted by Crippen LogP contribution is 2.25. The predicted molar refractivity (Wildman–Crippen MR) is 89.9 cm³/mol. The SMILES string of the molecule is Cc1ccc(N2CC(C)OC(C)C2)c(CNCC(C)C)c1. The molecule has 0 aromatic heterocycles. The molecule has 1 aromatic carbocycles. The van der Waals surface area contributed by atoms with Gasteiger partial charge in [0.1, 0.15) is 0 Å². The Morgan fingerprint density at radius 2 is 1.90 bits per heavy atom. The summed E-state index contributed by atoms with van der Waals surface area (Å²) in [4.78, 5) is 2.48. The van der Waals surface area contributed by atoms with Gasteiger partial charge in [0.15, 0.2) is 0 Å². The van der Waals surface area contributed by atoms with Gasteiger partial charge in [0.05, 0.1) is 12.2 Å².